The molecule has 1 aliphatic heterocycles. The molecule has 0 atom stereocenters. The monoisotopic (exact) mass is 150 g/mol. The third-order valence-electron chi connectivity index (χ3n) is 1.34. The van der Waals surface area contributed by atoms with E-state index >= 15 is 0 Å². The number of nitrogens with zero attached hydrogens (tertiary/aromatic N) is 5. The molecule has 0 spiro atoms. The Balaban J connectivity index is 2.29. The normalized spacial score (nSPS) is 15.8. The molecule has 0 unspecified atom stereocenters. The van der Waals surface area contributed by atoms with Crippen LogP contribution in [0.25, 0.3) is 0 Å². The van der Waals surface area contributed by atoms with Crippen LogP contribution in [0.3, 0.4) is 0 Å². The molecule has 0 fully saturated rings. The van der Waals surface area contributed by atoms with Crippen LogP contribution >= 0.6 is 0 Å². The van der Waals surface area contributed by atoms with Crippen molar-refractivity contribution in [3.05, 3.63) is 11.9 Å². The maximum atomic E-state index is 4.14. The van der Waals surface area contributed by atoms with Crippen molar-refractivity contribution in [3.63, 3.8) is 0 Å². The molecule has 0 amide bonds. The Kier molecular flexibility index (Phi) is 1.43. The van der Waals surface area contributed by atoms with Crippen LogP contribution in [0.15, 0.2) is 11.2 Å². The Morgan fingerprint density at radius 2 is 2.36 bits per heavy atom. The van der Waals surface area contributed by atoms with Crippen LogP contribution < -0.4 is 5.32 Å². The lowest BCUT2D eigenvalue weighted by atomic mass is 10.4. The van der Waals surface area contributed by atoms with Gasteiger partial charge in [0.05, 0.1) is 12.7 Å². The Hall–Kier alpha value is -1.59. The molecule has 2 rings (SSSR count). The van der Waals surface area contributed by atoms with Gasteiger partial charge < -0.3 is 5.32 Å². The van der Waals surface area contributed by atoms with Gasteiger partial charge in [0.15, 0.2) is 5.84 Å². The lowest BCUT2D eigenvalue weighted by Gasteiger charge is -1.95. The minimum Gasteiger partial charge on any atom is -0.367 e. The van der Waals surface area contributed by atoms with Gasteiger partial charge in [-0.15, -0.1) is 10.2 Å². The summed E-state index contributed by atoms with van der Waals surface area (Å²) in [6.07, 6.45) is 1.53. The fourth-order valence-corrected chi connectivity index (χ4v) is 0.876. The summed E-state index contributed by atoms with van der Waals surface area (Å²) in [4.78, 5) is 4.14. The van der Waals surface area contributed by atoms with Gasteiger partial charge in [-0.1, -0.05) is 0 Å². The van der Waals surface area contributed by atoms with E-state index in [-0.39, 0.29) is 0 Å². The largest absolute Gasteiger partial charge is 0.367 e. The Morgan fingerprint density at radius 1 is 1.36 bits per heavy atom. The van der Waals surface area contributed by atoms with Crippen LogP contribution in [-0.4, -0.2) is 39.5 Å². The fourth-order valence-electron chi connectivity index (χ4n) is 0.876. The van der Waals surface area contributed by atoms with Crippen molar-refractivity contribution in [1.29, 1.82) is 0 Å². The molecule has 11 heavy (non-hydrogen) atoms. The van der Waals surface area contributed by atoms with Crippen LogP contribution in [0.1, 0.15) is 5.69 Å². The van der Waals surface area contributed by atoms with E-state index in [0.29, 0.717) is 5.69 Å². The van der Waals surface area contributed by atoms with E-state index < -0.39 is 0 Å². The van der Waals surface area contributed by atoms with E-state index in [0.717, 1.165) is 18.9 Å². The first-order chi connectivity index (χ1) is 5.47. The van der Waals surface area contributed by atoms with Crippen molar-refractivity contribution in [2.24, 2.45) is 4.99 Å². The molecule has 0 aromatic carbocycles. The number of nitrogens with one attached hydrogen (secondary N) is 1. The van der Waals surface area contributed by atoms with Gasteiger partial charge in [0.25, 0.3) is 0 Å². The highest BCUT2D eigenvalue weighted by molar-refractivity contribution is 5.97. The summed E-state index contributed by atoms with van der Waals surface area (Å²) in [5.74, 6) is 0.757. The van der Waals surface area contributed by atoms with Crippen LogP contribution in [-0.2, 0) is 0 Å². The fraction of sp³-hybridized carbons (Fsp3) is 0.400. The molecular weight excluding hydrogens is 144 g/mol. The molecule has 6 nitrogen and oxygen atoms in total. The average Bonchev–Trinajstić information content (AvgIpc) is 2.58. The Labute approximate surface area is 62.7 Å². The van der Waals surface area contributed by atoms with Gasteiger partial charge in [-0.3, -0.25) is 4.99 Å². The summed E-state index contributed by atoms with van der Waals surface area (Å²) in [5.41, 5.74) is 0.650. The number of rotatable bonds is 1. The van der Waals surface area contributed by atoms with Crippen molar-refractivity contribution in [1.82, 2.24) is 25.9 Å². The molecule has 0 bridgehead atoms. The van der Waals surface area contributed by atoms with Crippen molar-refractivity contribution in [3.8, 4) is 0 Å². The first kappa shape index (κ1) is 6.14. The van der Waals surface area contributed by atoms with E-state index in [1.165, 1.54) is 6.20 Å². The van der Waals surface area contributed by atoms with Crippen LogP contribution in [0.5, 0.6) is 0 Å². The summed E-state index contributed by atoms with van der Waals surface area (Å²) in [7, 11) is 0. The lowest BCUT2D eigenvalue weighted by molar-refractivity contribution is 0.753. The summed E-state index contributed by atoms with van der Waals surface area (Å²) >= 11 is 0. The molecule has 0 saturated heterocycles. The maximum Gasteiger partial charge on any atom is 0.151 e. The maximum absolute atomic E-state index is 4.14. The number of amidine groups is 1. The number of hydrogen-bond acceptors (Lipinski definition) is 6. The minimum absolute atomic E-state index is 0.650. The minimum atomic E-state index is 0.650. The molecule has 1 aromatic rings. The molecule has 1 N–H and O–H groups in total. The molecule has 0 aliphatic carbocycles. The summed E-state index contributed by atoms with van der Waals surface area (Å²) < 4.78 is 0. The molecule has 56 valence electrons. The third kappa shape index (κ3) is 1.14. The number of aliphatic imine (C=N–C) groups is 1. The van der Waals surface area contributed by atoms with Crippen molar-refractivity contribution >= 4 is 5.84 Å². The summed E-state index contributed by atoms with van der Waals surface area (Å²) in [6, 6.07) is 0. The van der Waals surface area contributed by atoms with Gasteiger partial charge in [-0.05, 0) is 10.4 Å². The average molecular weight is 150 g/mol. The molecule has 1 aromatic heterocycles. The van der Waals surface area contributed by atoms with E-state index in [1.54, 1.807) is 0 Å². The van der Waals surface area contributed by atoms with E-state index in [4.69, 9.17) is 0 Å². The van der Waals surface area contributed by atoms with Gasteiger partial charge in [0.2, 0.25) is 0 Å². The first-order valence-corrected chi connectivity index (χ1v) is 3.26. The smallest absolute Gasteiger partial charge is 0.151 e. The van der Waals surface area contributed by atoms with Crippen molar-refractivity contribution in [2.45, 2.75) is 0 Å². The van der Waals surface area contributed by atoms with Crippen molar-refractivity contribution < 1.29 is 0 Å². The van der Waals surface area contributed by atoms with Crippen molar-refractivity contribution in [2.75, 3.05) is 13.1 Å². The highest BCUT2D eigenvalue weighted by Gasteiger charge is 2.08. The zero-order chi connectivity index (χ0) is 7.52. The summed E-state index contributed by atoms with van der Waals surface area (Å²) in [5, 5.41) is 17.1. The molecule has 1 aliphatic rings. The van der Waals surface area contributed by atoms with Gasteiger partial charge in [-0.2, -0.15) is 0 Å². The number of hydrogen-bond donors (Lipinski definition) is 1. The van der Waals surface area contributed by atoms with Crippen LogP contribution in [0.4, 0.5) is 0 Å². The van der Waals surface area contributed by atoms with Gasteiger partial charge in [0.1, 0.15) is 5.69 Å². The summed E-state index contributed by atoms with van der Waals surface area (Å²) in [6.45, 7) is 1.65. The topological polar surface area (TPSA) is 76.0 Å². The van der Waals surface area contributed by atoms with E-state index in [9.17, 15) is 0 Å². The molecule has 0 radical (unpaired) electrons. The van der Waals surface area contributed by atoms with Gasteiger partial charge in [-0.25, -0.2) is 0 Å². The van der Waals surface area contributed by atoms with Gasteiger partial charge in [0, 0.05) is 6.54 Å². The molecular formula is C5H6N6. The Morgan fingerprint density at radius 3 is 3.00 bits per heavy atom. The predicted molar refractivity (Wildman–Crippen MR) is 37.0 cm³/mol. The molecule has 2 heterocycles. The van der Waals surface area contributed by atoms with Gasteiger partial charge >= 0.3 is 0 Å². The van der Waals surface area contributed by atoms with Crippen LogP contribution in [0, 0.1) is 0 Å². The lowest BCUT2D eigenvalue weighted by Crippen LogP contribution is -2.21. The second kappa shape index (κ2) is 2.57. The first-order valence-electron chi connectivity index (χ1n) is 3.26. The SMILES string of the molecule is c1nnnnc1C1=NCCN1. The standard InChI is InChI=1S/C5H6N6/c1-2-7-5(6-1)4-3-8-10-11-9-4/h3H,1-2H2,(H,6,7). The molecule has 0 saturated carbocycles. The second-order valence-corrected chi connectivity index (χ2v) is 2.07. The zero-order valence-corrected chi connectivity index (χ0v) is 5.73. The van der Waals surface area contributed by atoms with Crippen LogP contribution in [0.2, 0.25) is 0 Å². The highest BCUT2D eigenvalue weighted by Crippen LogP contribution is 1.93. The quantitative estimate of drug-likeness (QED) is 0.533. The second-order valence-electron chi connectivity index (χ2n) is 2.07. The van der Waals surface area contributed by atoms with E-state index in [2.05, 4.69) is 30.9 Å². The predicted octanol–water partition coefficient (Wildman–Crippen LogP) is -1.38. The Bertz CT molecular complexity index is 268. The molecule has 6 heteroatoms. The third-order valence-corrected chi connectivity index (χ3v) is 1.34. The van der Waals surface area contributed by atoms with E-state index in [1.807, 2.05) is 0 Å². The zero-order valence-electron chi connectivity index (χ0n) is 5.73. The number of aromatic nitrogens is 4. The highest BCUT2D eigenvalue weighted by atomic mass is 15.4.